The number of rotatable bonds is 6. The minimum atomic E-state index is -0.353. The Morgan fingerprint density at radius 1 is 1.36 bits per heavy atom. The standard InChI is InChI=1S/C20H24N4O4/c1-13(14-5-3-7-16(11-14)28-2)19(26)21-12-15-6-4-10-24(15)20(27)17-8-9-18(25)23-22-17/h3,5,7-9,11,13,15H,4,6,10,12H2,1-2H3,(H,21,26)(H,23,25). The fraction of sp³-hybridized carbons (Fsp3) is 0.400. The van der Waals surface area contributed by atoms with E-state index < -0.39 is 0 Å². The quantitative estimate of drug-likeness (QED) is 0.781. The van der Waals surface area contributed by atoms with Gasteiger partial charge in [0, 0.05) is 25.2 Å². The van der Waals surface area contributed by atoms with Gasteiger partial charge in [0.05, 0.1) is 13.0 Å². The SMILES string of the molecule is COc1cccc(C(C)C(=O)NCC2CCCN2C(=O)c2ccc(=O)[nH]n2)c1. The third-order valence-corrected chi connectivity index (χ3v) is 5.04. The Kier molecular flexibility index (Phi) is 6.08. The van der Waals surface area contributed by atoms with Crippen LogP contribution < -0.4 is 15.6 Å². The lowest BCUT2D eigenvalue weighted by Crippen LogP contribution is -2.44. The predicted molar refractivity (Wildman–Crippen MR) is 103 cm³/mol. The van der Waals surface area contributed by atoms with Crippen molar-refractivity contribution in [3.05, 3.63) is 58.0 Å². The highest BCUT2D eigenvalue weighted by molar-refractivity contribution is 5.92. The highest BCUT2D eigenvalue weighted by atomic mass is 16.5. The predicted octanol–water partition coefficient (Wildman–Crippen LogP) is 1.30. The lowest BCUT2D eigenvalue weighted by Gasteiger charge is -2.25. The molecule has 2 aromatic rings. The number of hydrogen-bond donors (Lipinski definition) is 2. The fourth-order valence-corrected chi connectivity index (χ4v) is 3.36. The molecule has 2 unspecified atom stereocenters. The van der Waals surface area contributed by atoms with Crippen LogP contribution in [0.1, 0.15) is 41.7 Å². The number of hydrogen-bond acceptors (Lipinski definition) is 5. The van der Waals surface area contributed by atoms with Crippen molar-refractivity contribution in [3.8, 4) is 5.75 Å². The number of likely N-dealkylation sites (tertiary alicyclic amines) is 1. The summed E-state index contributed by atoms with van der Waals surface area (Å²) in [5.41, 5.74) is 0.713. The zero-order valence-electron chi connectivity index (χ0n) is 16.0. The van der Waals surface area contributed by atoms with Crippen molar-refractivity contribution in [1.29, 1.82) is 0 Å². The number of methoxy groups -OCH3 is 1. The average Bonchev–Trinajstić information content (AvgIpc) is 3.20. The van der Waals surface area contributed by atoms with Crippen LogP contribution in [0.15, 0.2) is 41.2 Å². The van der Waals surface area contributed by atoms with Crippen molar-refractivity contribution in [2.45, 2.75) is 31.7 Å². The van der Waals surface area contributed by atoms with Gasteiger partial charge in [0.1, 0.15) is 11.4 Å². The summed E-state index contributed by atoms with van der Waals surface area (Å²) in [7, 11) is 1.59. The van der Waals surface area contributed by atoms with E-state index in [-0.39, 0.29) is 35.0 Å². The van der Waals surface area contributed by atoms with Crippen LogP contribution in [0.3, 0.4) is 0 Å². The summed E-state index contributed by atoms with van der Waals surface area (Å²) >= 11 is 0. The maximum absolute atomic E-state index is 12.7. The van der Waals surface area contributed by atoms with Crippen molar-refractivity contribution in [2.75, 3.05) is 20.2 Å². The van der Waals surface area contributed by atoms with E-state index in [1.165, 1.54) is 12.1 Å². The van der Waals surface area contributed by atoms with Crippen LogP contribution >= 0.6 is 0 Å². The molecule has 1 aliphatic rings. The normalized spacial score (nSPS) is 17.2. The first-order valence-corrected chi connectivity index (χ1v) is 9.28. The number of carbonyl (C=O) groups is 2. The van der Waals surface area contributed by atoms with Crippen molar-refractivity contribution >= 4 is 11.8 Å². The average molecular weight is 384 g/mol. The third-order valence-electron chi connectivity index (χ3n) is 5.04. The number of nitrogens with one attached hydrogen (secondary N) is 2. The molecule has 2 amide bonds. The van der Waals surface area contributed by atoms with Gasteiger partial charge >= 0.3 is 0 Å². The molecule has 0 aliphatic carbocycles. The molecule has 0 saturated carbocycles. The summed E-state index contributed by atoms with van der Waals surface area (Å²) in [5.74, 6) is 0.0307. The highest BCUT2D eigenvalue weighted by Gasteiger charge is 2.31. The smallest absolute Gasteiger partial charge is 0.274 e. The Bertz CT molecular complexity index is 891. The third kappa shape index (κ3) is 4.39. The molecule has 2 N–H and O–H groups in total. The van der Waals surface area contributed by atoms with Crippen molar-refractivity contribution in [3.63, 3.8) is 0 Å². The van der Waals surface area contributed by atoms with Gasteiger partial charge in [-0.2, -0.15) is 5.10 Å². The topological polar surface area (TPSA) is 104 Å². The number of carbonyl (C=O) groups excluding carboxylic acids is 2. The number of amides is 2. The van der Waals surface area contributed by atoms with Gasteiger partial charge in [-0.1, -0.05) is 12.1 Å². The first-order valence-electron chi connectivity index (χ1n) is 9.28. The Morgan fingerprint density at radius 2 is 2.18 bits per heavy atom. The summed E-state index contributed by atoms with van der Waals surface area (Å²) in [5, 5.41) is 9.04. The fourth-order valence-electron chi connectivity index (χ4n) is 3.36. The molecule has 2 atom stereocenters. The van der Waals surface area contributed by atoms with Crippen molar-refractivity contribution < 1.29 is 14.3 Å². The summed E-state index contributed by atoms with van der Waals surface area (Å²) in [6.45, 7) is 2.82. The monoisotopic (exact) mass is 384 g/mol. The van der Waals surface area contributed by atoms with E-state index in [0.29, 0.717) is 18.8 Å². The van der Waals surface area contributed by atoms with Gasteiger partial charge in [-0.25, -0.2) is 5.10 Å². The van der Waals surface area contributed by atoms with Crippen LogP contribution in [0.5, 0.6) is 5.75 Å². The maximum Gasteiger partial charge on any atom is 0.274 e. The molecule has 1 fully saturated rings. The van der Waals surface area contributed by atoms with Gasteiger partial charge in [-0.15, -0.1) is 0 Å². The van der Waals surface area contributed by atoms with E-state index in [1.807, 2.05) is 31.2 Å². The van der Waals surface area contributed by atoms with Gasteiger partial charge < -0.3 is 15.0 Å². The molecule has 8 nitrogen and oxygen atoms in total. The van der Waals surface area contributed by atoms with Gasteiger partial charge in [0.15, 0.2) is 0 Å². The summed E-state index contributed by atoms with van der Waals surface area (Å²) in [6, 6.07) is 10.0. The minimum absolute atomic E-state index is 0.0947. The second kappa shape index (κ2) is 8.69. The Morgan fingerprint density at radius 3 is 2.89 bits per heavy atom. The molecular formula is C20H24N4O4. The summed E-state index contributed by atoms with van der Waals surface area (Å²) in [6.07, 6.45) is 1.67. The number of aromatic nitrogens is 2. The molecule has 8 heteroatoms. The molecular weight excluding hydrogens is 360 g/mol. The van der Waals surface area contributed by atoms with Crippen LogP contribution in [0.25, 0.3) is 0 Å². The second-order valence-corrected chi connectivity index (χ2v) is 6.84. The number of ether oxygens (including phenoxy) is 1. The first-order chi connectivity index (χ1) is 13.5. The minimum Gasteiger partial charge on any atom is -0.497 e. The van der Waals surface area contributed by atoms with Gasteiger partial charge in [0.25, 0.3) is 11.5 Å². The van der Waals surface area contributed by atoms with Crippen LogP contribution in [0, 0.1) is 0 Å². The van der Waals surface area contributed by atoms with Crippen LogP contribution in [-0.2, 0) is 4.79 Å². The molecule has 28 heavy (non-hydrogen) atoms. The number of aromatic amines is 1. The lowest BCUT2D eigenvalue weighted by atomic mass is 10.00. The zero-order valence-corrected chi connectivity index (χ0v) is 16.0. The van der Waals surface area contributed by atoms with Crippen LogP contribution in [0.2, 0.25) is 0 Å². The molecule has 1 aromatic carbocycles. The number of benzene rings is 1. The molecule has 1 saturated heterocycles. The number of H-pyrrole nitrogens is 1. The van der Waals surface area contributed by atoms with Gasteiger partial charge in [-0.3, -0.25) is 14.4 Å². The van der Waals surface area contributed by atoms with Crippen LogP contribution in [0.4, 0.5) is 0 Å². The summed E-state index contributed by atoms with van der Waals surface area (Å²) < 4.78 is 5.21. The molecule has 0 bridgehead atoms. The zero-order chi connectivity index (χ0) is 20.1. The van der Waals surface area contributed by atoms with E-state index >= 15 is 0 Å². The second-order valence-electron chi connectivity index (χ2n) is 6.84. The van der Waals surface area contributed by atoms with Gasteiger partial charge in [0.2, 0.25) is 5.91 Å². The van der Waals surface area contributed by atoms with E-state index in [0.717, 1.165) is 18.4 Å². The first kappa shape index (κ1) is 19.6. The molecule has 1 aromatic heterocycles. The van der Waals surface area contributed by atoms with Crippen molar-refractivity contribution in [2.24, 2.45) is 0 Å². The molecule has 0 spiro atoms. The number of nitrogens with zero attached hydrogens (tertiary/aromatic N) is 2. The largest absolute Gasteiger partial charge is 0.497 e. The van der Waals surface area contributed by atoms with Gasteiger partial charge in [-0.05, 0) is 43.5 Å². The van der Waals surface area contributed by atoms with E-state index in [9.17, 15) is 14.4 Å². The van der Waals surface area contributed by atoms with E-state index in [1.54, 1.807) is 12.0 Å². The molecule has 148 valence electrons. The molecule has 2 heterocycles. The lowest BCUT2D eigenvalue weighted by molar-refractivity contribution is -0.122. The van der Waals surface area contributed by atoms with Crippen LogP contribution in [-0.4, -0.2) is 53.2 Å². The van der Waals surface area contributed by atoms with E-state index in [4.69, 9.17) is 4.74 Å². The highest BCUT2D eigenvalue weighted by Crippen LogP contribution is 2.22. The molecule has 3 rings (SSSR count). The van der Waals surface area contributed by atoms with Crippen molar-refractivity contribution in [1.82, 2.24) is 20.4 Å². The maximum atomic E-state index is 12.7. The Labute approximate surface area is 162 Å². The molecule has 1 aliphatic heterocycles. The van der Waals surface area contributed by atoms with E-state index in [2.05, 4.69) is 15.5 Å². The Balaban J connectivity index is 1.61. The summed E-state index contributed by atoms with van der Waals surface area (Å²) in [4.78, 5) is 38.1. The molecule has 0 radical (unpaired) electrons. The Hall–Kier alpha value is -3.16.